The Morgan fingerprint density at radius 2 is 1.48 bits per heavy atom. The van der Waals surface area contributed by atoms with Crippen LogP contribution in [0.4, 0.5) is 0 Å². The molecule has 0 heterocycles. The molecule has 3 rings (SSSR count). The zero-order valence-corrected chi connectivity index (χ0v) is 14.5. The van der Waals surface area contributed by atoms with Crippen molar-refractivity contribution in [2.75, 3.05) is 0 Å². The first-order chi connectivity index (χ1) is 12.2. The standard InChI is InChI=1S/C22H19ClN2/c23-20-13-7-8-17(14-20)16-25-22(19-11-5-2-6-12-19)15-21(24)18-9-3-1-4-10-18/h1-15H,16,24H2/b21-15-,25-22?. The summed E-state index contributed by atoms with van der Waals surface area (Å²) < 4.78 is 0. The number of hydrogen-bond donors (Lipinski definition) is 1. The Balaban J connectivity index is 1.94. The van der Waals surface area contributed by atoms with E-state index in [4.69, 9.17) is 22.3 Å². The van der Waals surface area contributed by atoms with Crippen molar-refractivity contribution in [3.63, 3.8) is 0 Å². The van der Waals surface area contributed by atoms with Gasteiger partial charge in [0.2, 0.25) is 0 Å². The highest BCUT2D eigenvalue weighted by molar-refractivity contribution is 6.30. The zero-order chi connectivity index (χ0) is 17.5. The van der Waals surface area contributed by atoms with Crippen molar-refractivity contribution in [2.24, 2.45) is 10.7 Å². The number of rotatable bonds is 5. The molecule has 25 heavy (non-hydrogen) atoms. The molecular weight excluding hydrogens is 328 g/mol. The van der Waals surface area contributed by atoms with Crippen molar-refractivity contribution in [3.8, 4) is 0 Å². The van der Waals surface area contributed by atoms with Crippen LogP contribution < -0.4 is 5.73 Å². The summed E-state index contributed by atoms with van der Waals surface area (Å²) in [6, 6.07) is 27.7. The molecule has 3 aromatic rings. The molecule has 0 spiro atoms. The van der Waals surface area contributed by atoms with Crippen molar-refractivity contribution >= 4 is 23.0 Å². The van der Waals surface area contributed by atoms with Crippen molar-refractivity contribution in [2.45, 2.75) is 6.54 Å². The van der Waals surface area contributed by atoms with Gasteiger partial charge in [-0.1, -0.05) is 84.4 Å². The quantitative estimate of drug-likeness (QED) is 0.623. The molecule has 2 nitrogen and oxygen atoms in total. The lowest BCUT2D eigenvalue weighted by Crippen LogP contribution is -2.04. The molecule has 0 aliphatic carbocycles. The third kappa shape index (κ3) is 4.82. The molecule has 0 atom stereocenters. The summed E-state index contributed by atoms with van der Waals surface area (Å²) in [6.45, 7) is 0.545. The van der Waals surface area contributed by atoms with E-state index in [0.717, 1.165) is 22.4 Å². The fourth-order valence-corrected chi connectivity index (χ4v) is 2.72. The zero-order valence-electron chi connectivity index (χ0n) is 13.8. The second-order valence-electron chi connectivity index (χ2n) is 5.66. The van der Waals surface area contributed by atoms with Gasteiger partial charge in [0.15, 0.2) is 0 Å². The van der Waals surface area contributed by atoms with Gasteiger partial charge in [0.25, 0.3) is 0 Å². The largest absolute Gasteiger partial charge is 0.398 e. The molecule has 2 N–H and O–H groups in total. The summed E-state index contributed by atoms with van der Waals surface area (Å²) in [5.74, 6) is 0. The van der Waals surface area contributed by atoms with Gasteiger partial charge in [0, 0.05) is 10.7 Å². The normalized spacial score (nSPS) is 12.2. The smallest absolute Gasteiger partial charge is 0.0671 e. The molecule has 124 valence electrons. The maximum absolute atomic E-state index is 6.29. The molecule has 3 aromatic carbocycles. The van der Waals surface area contributed by atoms with Gasteiger partial charge in [0.05, 0.1) is 12.3 Å². The third-order valence-electron chi connectivity index (χ3n) is 3.79. The second-order valence-corrected chi connectivity index (χ2v) is 6.10. The van der Waals surface area contributed by atoms with E-state index in [1.54, 1.807) is 0 Å². The van der Waals surface area contributed by atoms with Crippen LogP contribution in [-0.4, -0.2) is 5.71 Å². The highest BCUT2D eigenvalue weighted by Gasteiger charge is 2.03. The van der Waals surface area contributed by atoms with Crippen LogP contribution in [0.25, 0.3) is 5.70 Å². The van der Waals surface area contributed by atoms with Crippen molar-refractivity contribution < 1.29 is 0 Å². The van der Waals surface area contributed by atoms with Crippen molar-refractivity contribution in [1.29, 1.82) is 0 Å². The monoisotopic (exact) mass is 346 g/mol. The van der Waals surface area contributed by atoms with E-state index in [1.165, 1.54) is 0 Å². The number of halogens is 1. The lowest BCUT2D eigenvalue weighted by molar-refractivity contribution is 1.07. The fourth-order valence-electron chi connectivity index (χ4n) is 2.50. The first-order valence-electron chi connectivity index (χ1n) is 8.09. The SMILES string of the molecule is N/C(=C\C(=NCc1cccc(Cl)c1)c1ccccc1)c1ccccc1. The number of nitrogens with zero attached hydrogens (tertiary/aromatic N) is 1. The number of benzene rings is 3. The Hall–Kier alpha value is -2.84. The maximum Gasteiger partial charge on any atom is 0.0671 e. The average molecular weight is 347 g/mol. The summed E-state index contributed by atoms with van der Waals surface area (Å²) in [5.41, 5.74) is 10.9. The van der Waals surface area contributed by atoms with E-state index in [2.05, 4.69) is 0 Å². The van der Waals surface area contributed by atoms with E-state index in [1.807, 2.05) is 91.0 Å². The van der Waals surface area contributed by atoms with Gasteiger partial charge >= 0.3 is 0 Å². The molecule has 0 radical (unpaired) electrons. The van der Waals surface area contributed by atoms with Crippen LogP contribution in [0.5, 0.6) is 0 Å². The second kappa shape index (κ2) is 8.32. The Kier molecular flexibility index (Phi) is 5.65. The van der Waals surface area contributed by atoms with Gasteiger partial charge in [-0.2, -0.15) is 0 Å². The van der Waals surface area contributed by atoms with E-state index in [0.29, 0.717) is 17.3 Å². The molecule has 0 aromatic heterocycles. The van der Waals surface area contributed by atoms with Crippen LogP contribution in [0, 0.1) is 0 Å². The summed E-state index contributed by atoms with van der Waals surface area (Å²) in [4.78, 5) is 4.77. The molecule has 0 bridgehead atoms. The lowest BCUT2D eigenvalue weighted by Gasteiger charge is -2.06. The van der Waals surface area contributed by atoms with Gasteiger partial charge < -0.3 is 5.73 Å². The minimum Gasteiger partial charge on any atom is -0.398 e. The van der Waals surface area contributed by atoms with E-state index in [9.17, 15) is 0 Å². The number of allylic oxidation sites excluding steroid dienone is 1. The number of hydrogen-bond acceptors (Lipinski definition) is 2. The summed E-state index contributed by atoms with van der Waals surface area (Å²) in [6.07, 6.45) is 1.93. The van der Waals surface area contributed by atoms with Gasteiger partial charge in [-0.05, 0) is 34.9 Å². The van der Waals surface area contributed by atoms with Crippen molar-refractivity contribution in [3.05, 3.63) is 113 Å². The summed E-state index contributed by atoms with van der Waals surface area (Å²) in [5, 5.41) is 0.716. The Bertz CT molecular complexity index is 884. The van der Waals surface area contributed by atoms with Crippen molar-refractivity contribution in [1.82, 2.24) is 0 Å². The predicted molar refractivity (Wildman–Crippen MR) is 107 cm³/mol. The van der Waals surface area contributed by atoms with Gasteiger partial charge in [-0.25, -0.2) is 0 Å². The fraction of sp³-hybridized carbons (Fsp3) is 0.0455. The first kappa shape index (κ1) is 17.0. The first-order valence-corrected chi connectivity index (χ1v) is 8.47. The Morgan fingerprint density at radius 1 is 0.840 bits per heavy atom. The maximum atomic E-state index is 6.29. The van der Waals surface area contributed by atoms with Crippen LogP contribution >= 0.6 is 11.6 Å². The Morgan fingerprint density at radius 3 is 2.12 bits per heavy atom. The number of aliphatic imine (C=N–C) groups is 1. The van der Waals surface area contributed by atoms with Gasteiger partial charge in [-0.15, -0.1) is 0 Å². The van der Waals surface area contributed by atoms with Crippen LogP contribution in [0.15, 0.2) is 96.0 Å². The molecule has 0 aliphatic rings. The van der Waals surface area contributed by atoms with Crippen LogP contribution in [0.3, 0.4) is 0 Å². The minimum atomic E-state index is 0.545. The molecule has 0 aliphatic heterocycles. The number of nitrogens with two attached hydrogens (primary N) is 1. The summed E-state index contributed by atoms with van der Waals surface area (Å²) in [7, 11) is 0. The predicted octanol–water partition coefficient (Wildman–Crippen LogP) is 5.33. The summed E-state index contributed by atoms with van der Waals surface area (Å²) >= 11 is 6.06. The molecule has 0 saturated carbocycles. The highest BCUT2D eigenvalue weighted by atomic mass is 35.5. The highest BCUT2D eigenvalue weighted by Crippen LogP contribution is 2.14. The minimum absolute atomic E-state index is 0.545. The van der Waals surface area contributed by atoms with Gasteiger partial charge in [0.1, 0.15) is 0 Å². The van der Waals surface area contributed by atoms with Crippen LogP contribution in [-0.2, 0) is 6.54 Å². The van der Waals surface area contributed by atoms with E-state index < -0.39 is 0 Å². The van der Waals surface area contributed by atoms with Gasteiger partial charge in [-0.3, -0.25) is 4.99 Å². The molecule has 0 unspecified atom stereocenters. The third-order valence-corrected chi connectivity index (χ3v) is 4.02. The molecule has 0 saturated heterocycles. The molecule has 0 amide bonds. The van der Waals surface area contributed by atoms with E-state index in [-0.39, 0.29) is 0 Å². The average Bonchev–Trinajstić information content (AvgIpc) is 2.66. The Labute approximate surface area is 153 Å². The van der Waals surface area contributed by atoms with E-state index >= 15 is 0 Å². The van der Waals surface area contributed by atoms with Crippen LogP contribution in [0.1, 0.15) is 16.7 Å². The topological polar surface area (TPSA) is 38.4 Å². The lowest BCUT2D eigenvalue weighted by atomic mass is 10.1. The molecule has 0 fully saturated rings. The van der Waals surface area contributed by atoms with Crippen LogP contribution in [0.2, 0.25) is 5.02 Å². The molecular formula is C22H19ClN2. The molecule has 3 heteroatoms.